The third kappa shape index (κ3) is 3.20. The molecule has 0 aromatic heterocycles. The number of nitrogens with zero attached hydrogens (tertiary/aromatic N) is 2. The van der Waals surface area contributed by atoms with Crippen molar-refractivity contribution in [2.75, 3.05) is 32.0 Å². The third-order valence-corrected chi connectivity index (χ3v) is 3.02. The molecule has 1 aromatic rings. The summed E-state index contributed by atoms with van der Waals surface area (Å²) in [4.78, 5) is 2.03. The topological polar surface area (TPSA) is 82.5 Å². The van der Waals surface area contributed by atoms with Crippen molar-refractivity contribution in [3.63, 3.8) is 0 Å². The Morgan fingerprint density at radius 3 is 3.17 bits per heavy atom. The van der Waals surface area contributed by atoms with Gasteiger partial charge in [-0.25, -0.2) is 0 Å². The van der Waals surface area contributed by atoms with Crippen molar-refractivity contribution in [1.29, 1.82) is 5.26 Å². The summed E-state index contributed by atoms with van der Waals surface area (Å²) in [5, 5.41) is 19.0. The summed E-state index contributed by atoms with van der Waals surface area (Å²) in [7, 11) is 0. The van der Waals surface area contributed by atoms with E-state index in [9.17, 15) is 5.11 Å². The third-order valence-electron chi connectivity index (χ3n) is 3.02. The van der Waals surface area contributed by atoms with Crippen molar-refractivity contribution in [2.45, 2.75) is 12.2 Å². The van der Waals surface area contributed by atoms with Crippen LogP contribution >= 0.6 is 0 Å². The molecule has 96 valence electrons. The molecule has 1 saturated heterocycles. The molecule has 0 spiro atoms. The van der Waals surface area contributed by atoms with Gasteiger partial charge in [-0.1, -0.05) is 12.1 Å². The van der Waals surface area contributed by atoms with Gasteiger partial charge in [-0.2, -0.15) is 5.26 Å². The van der Waals surface area contributed by atoms with E-state index in [1.807, 2.05) is 17.0 Å². The lowest BCUT2D eigenvalue weighted by Gasteiger charge is -2.31. The Kier molecular flexibility index (Phi) is 4.15. The maximum Gasteiger partial charge on any atom is 0.156 e. The number of ether oxygens (including phenoxy) is 1. The highest BCUT2D eigenvalue weighted by Gasteiger charge is 2.22. The molecule has 0 amide bonds. The van der Waals surface area contributed by atoms with E-state index in [0.717, 1.165) is 12.1 Å². The first-order chi connectivity index (χ1) is 8.69. The minimum absolute atomic E-state index is 0.396. The van der Waals surface area contributed by atoms with Crippen LogP contribution in [0.2, 0.25) is 0 Å². The fraction of sp³-hybridized carbons (Fsp3) is 0.462. The predicted octanol–water partition coefficient (Wildman–Crippen LogP) is 0.527. The standard InChI is InChI=1S/C13H17N3O2/c14-7-12-8-16(4-5-18-12)9-13(17)10-2-1-3-11(15)6-10/h1-3,6,12-13,17H,4-5,8-9,15H2. The van der Waals surface area contributed by atoms with Gasteiger partial charge >= 0.3 is 0 Å². The van der Waals surface area contributed by atoms with Gasteiger partial charge in [0.05, 0.1) is 18.8 Å². The second kappa shape index (κ2) is 5.83. The van der Waals surface area contributed by atoms with Gasteiger partial charge in [-0.05, 0) is 17.7 Å². The lowest BCUT2D eigenvalue weighted by Crippen LogP contribution is -2.43. The number of hydrogen-bond donors (Lipinski definition) is 2. The Bertz CT molecular complexity index is 444. The SMILES string of the molecule is N#CC1CN(CC(O)c2cccc(N)c2)CCO1. The first-order valence-electron chi connectivity index (χ1n) is 5.96. The quantitative estimate of drug-likeness (QED) is 0.761. The largest absolute Gasteiger partial charge is 0.399 e. The molecule has 0 aliphatic carbocycles. The Labute approximate surface area is 106 Å². The molecule has 2 unspecified atom stereocenters. The molecule has 2 rings (SSSR count). The minimum atomic E-state index is -0.592. The number of morpholine rings is 1. The molecule has 1 aromatic carbocycles. The van der Waals surface area contributed by atoms with Gasteiger partial charge in [0, 0.05) is 25.3 Å². The van der Waals surface area contributed by atoms with E-state index in [0.29, 0.717) is 25.4 Å². The van der Waals surface area contributed by atoms with Crippen molar-refractivity contribution in [3.05, 3.63) is 29.8 Å². The summed E-state index contributed by atoms with van der Waals surface area (Å²) < 4.78 is 5.26. The highest BCUT2D eigenvalue weighted by molar-refractivity contribution is 5.41. The van der Waals surface area contributed by atoms with Gasteiger partial charge in [-0.3, -0.25) is 4.90 Å². The summed E-state index contributed by atoms with van der Waals surface area (Å²) in [5.41, 5.74) is 7.13. The van der Waals surface area contributed by atoms with Crippen LogP contribution in [0, 0.1) is 11.3 Å². The van der Waals surface area contributed by atoms with Crippen molar-refractivity contribution < 1.29 is 9.84 Å². The second-order valence-corrected chi connectivity index (χ2v) is 4.43. The van der Waals surface area contributed by atoms with Crippen LogP contribution in [0.1, 0.15) is 11.7 Å². The number of aliphatic hydroxyl groups excluding tert-OH is 1. The summed E-state index contributed by atoms with van der Waals surface area (Å²) >= 11 is 0. The Morgan fingerprint density at radius 2 is 2.44 bits per heavy atom. The smallest absolute Gasteiger partial charge is 0.156 e. The van der Waals surface area contributed by atoms with Crippen LogP contribution in [0.3, 0.4) is 0 Å². The molecule has 5 nitrogen and oxygen atoms in total. The summed E-state index contributed by atoms with van der Waals surface area (Å²) in [5.74, 6) is 0. The first kappa shape index (κ1) is 12.8. The van der Waals surface area contributed by atoms with E-state index in [1.54, 1.807) is 12.1 Å². The fourth-order valence-corrected chi connectivity index (χ4v) is 2.06. The van der Waals surface area contributed by atoms with E-state index in [4.69, 9.17) is 15.7 Å². The first-order valence-corrected chi connectivity index (χ1v) is 5.96. The molecule has 0 bridgehead atoms. The van der Waals surface area contributed by atoms with E-state index in [2.05, 4.69) is 6.07 Å². The lowest BCUT2D eigenvalue weighted by atomic mass is 10.1. The highest BCUT2D eigenvalue weighted by Crippen LogP contribution is 2.18. The number of nitriles is 1. The molecule has 18 heavy (non-hydrogen) atoms. The van der Waals surface area contributed by atoms with Crippen LogP contribution in [0.5, 0.6) is 0 Å². The van der Waals surface area contributed by atoms with Gasteiger partial charge in [0.1, 0.15) is 0 Å². The monoisotopic (exact) mass is 247 g/mol. The maximum atomic E-state index is 10.1. The zero-order chi connectivity index (χ0) is 13.0. The number of hydrogen-bond acceptors (Lipinski definition) is 5. The second-order valence-electron chi connectivity index (χ2n) is 4.43. The number of β-amino-alcohol motifs (C(OH)–C–C–N with tert-alkyl or cyclic N) is 1. The number of benzene rings is 1. The average Bonchev–Trinajstić information content (AvgIpc) is 2.39. The molecule has 3 N–H and O–H groups in total. The van der Waals surface area contributed by atoms with Crippen molar-refractivity contribution in [2.24, 2.45) is 0 Å². The molecule has 0 saturated carbocycles. The van der Waals surface area contributed by atoms with Crippen molar-refractivity contribution in [1.82, 2.24) is 4.90 Å². The summed E-state index contributed by atoms with van der Waals surface area (Å²) in [6, 6.07) is 9.32. The molecule has 1 heterocycles. The number of aliphatic hydroxyl groups is 1. The van der Waals surface area contributed by atoms with Crippen LogP contribution in [0.4, 0.5) is 5.69 Å². The fourth-order valence-electron chi connectivity index (χ4n) is 2.06. The molecule has 0 radical (unpaired) electrons. The lowest BCUT2D eigenvalue weighted by molar-refractivity contribution is -0.0159. The number of nitrogen functional groups attached to an aromatic ring is 1. The van der Waals surface area contributed by atoms with Crippen LogP contribution in [-0.2, 0) is 4.74 Å². The molecule has 2 atom stereocenters. The van der Waals surface area contributed by atoms with Crippen LogP contribution in [-0.4, -0.2) is 42.4 Å². The van der Waals surface area contributed by atoms with E-state index in [1.165, 1.54) is 0 Å². The number of rotatable bonds is 3. The normalized spacial score (nSPS) is 22.3. The predicted molar refractivity (Wildman–Crippen MR) is 67.6 cm³/mol. The molecule has 1 fully saturated rings. The summed E-state index contributed by atoms with van der Waals surface area (Å²) in [6.07, 6.45) is -0.988. The highest BCUT2D eigenvalue weighted by atomic mass is 16.5. The molecule has 1 aliphatic heterocycles. The molecule has 1 aliphatic rings. The Morgan fingerprint density at radius 1 is 1.61 bits per heavy atom. The molecular weight excluding hydrogens is 230 g/mol. The molecule has 5 heteroatoms. The van der Waals surface area contributed by atoms with Gasteiger partial charge in [0.15, 0.2) is 6.10 Å². The average molecular weight is 247 g/mol. The number of nitrogens with two attached hydrogens (primary N) is 1. The zero-order valence-corrected chi connectivity index (χ0v) is 10.1. The van der Waals surface area contributed by atoms with Gasteiger partial charge in [0.2, 0.25) is 0 Å². The van der Waals surface area contributed by atoms with E-state index >= 15 is 0 Å². The van der Waals surface area contributed by atoms with E-state index in [-0.39, 0.29) is 0 Å². The molecular formula is C13H17N3O2. The van der Waals surface area contributed by atoms with Crippen LogP contribution in [0.15, 0.2) is 24.3 Å². The minimum Gasteiger partial charge on any atom is -0.399 e. The van der Waals surface area contributed by atoms with Crippen molar-refractivity contribution >= 4 is 5.69 Å². The summed E-state index contributed by atoms with van der Waals surface area (Å²) in [6.45, 7) is 2.29. The Balaban J connectivity index is 1.95. The van der Waals surface area contributed by atoms with Gasteiger partial charge < -0.3 is 15.6 Å². The van der Waals surface area contributed by atoms with Crippen LogP contribution < -0.4 is 5.73 Å². The Hall–Kier alpha value is -1.61. The van der Waals surface area contributed by atoms with Gasteiger partial charge in [0.25, 0.3) is 0 Å². The number of anilines is 1. The zero-order valence-electron chi connectivity index (χ0n) is 10.1. The van der Waals surface area contributed by atoms with Gasteiger partial charge in [-0.15, -0.1) is 0 Å². The van der Waals surface area contributed by atoms with E-state index < -0.39 is 12.2 Å². The maximum absolute atomic E-state index is 10.1. The van der Waals surface area contributed by atoms with Crippen molar-refractivity contribution in [3.8, 4) is 6.07 Å². The van der Waals surface area contributed by atoms with Crippen LogP contribution in [0.25, 0.3) is 0 Å².